The Hall–Kier alpha value is -2.11. The van der Waals surface area contributed by atoms with Crippen LogP contribution in [0.3, 0.4) is 0 Å². The molecule has 0 unspecified atom stereocenters. The Morgan fingerprint density at radius 2 is 1.64 bits per heavy atom. The zero-order chi connectivity index (χ0) is 19.0. The first kappa shape index (κ1) is 18.0. The van der Waals surface area contributed by atoms with Crippen LogP contribution in [0.1, 0.15) is 32.8 Å². The van der Waals surface area contributed by atoms with E-state index in [9.17, 15) is 4.79 Å². The van der Waals surface area contributed by atoms with Gasteiger partial charge in [0, 0.05) is 23.6 Å². The van der Waals surface area contributed by atoms with Crippen molar-refractivity contribution in [2.24, 2.45) is 0 Å². The van der Waals surface area contributed by atoms with E-state index in [4.69, 9.17) is 4.42 Å². The number of rotatable bonds is 3. The van der Waals surface area contributed by atoms with Crippen LogP contribution >= 0.6 is 23.5 Å². The predicted molar refractivity (Wildman–Crippen MR) is 116 cm³/mol. The number of furan rings is 1. The lowest BCUT2D eigenvalue weighted by atomic mass is 10.0. The Morgan fingerprint density at radius 3 is 2.39 bits per heavy atom. The van der Waals surface area contributed by atoms with Crippen molar-refractivity contribution in [1.82, 2.24) is 4.90 Å². The van der Waals surface area contributed by atoms with Gasteiger partial charge in [-0.2, -0.15) is 0 Å². The summed E-state index contributed by atoms with van der Waals surface area (Å²) in [7, 11) is 0. The van der Waals surface area contributed by atoms with Gasteiger partial charge in [-0.3, -0.25) is 4.79 Å². The average molecular weight is 408 g/mol. The summed E-state index contributed by atoms with van der Waals surface area (Å²) in [5.41, 5.74) is 4.55. The fourth-order valence-corrected chi connectivity index (χ4v) is 7.28. The molecule has 142 valence electrons. The highest BCUT2D eigenvalue weighted by molar-refractivity contribution is 8.20. The molecule has 2 aliphatic rings. The Labute approximate surface area is 173 Å². The third kappa shape index (κ3) is 3.07. The highest BCUT2D eigenvalue weighted by Crippen LogP contribution is 2.56. The highest BCUT2D eigenvalue weighted by Gasteiger charge is 2.39. The molecule has 0 N–H and O–H groups in total. The van der Waals surface area contributed by atoms with Crippen LogP contribution in [-0.2, 0) is 17.0 Å². The zero-order valence-corrected chi connectivity index (χ0v) is 17.1. The summed E-state index contributed by atoms with van der Waals surface area (Å²) in [6, 6.07) is 20.9. The molecule has 0 aliphatic carbocycles. The maximum absolute atomic E-state index is 13.0. The highest BCUT2D eigenvalue weighted by atomic mass is 32.2. The van der Waals surface area contributed by atoms with Crippen LogP contribution in [0.4, 0.5) is 0 Å². The molecule has 3 heterocycles. The van der Waals surface area contributed by atoms with Crippen LogP contribution in [0.2, 0.25) is 0 Å². The number of carbonyl (C=O) groups is 1. The number of hydrogen-bond donors (Lipinski definition) is 0. The van der Waals surface area contributed by atoms with Crippen molar-refractivity contribution in [3.05, 3.63) is 94.9 Å². The van der Waals surface area contributed by atoms with Gasteiger partial charge in [0.15, 0.2) is 0 Å². The lowest BCUT2D eigenvalue weighted by molar-refractivity contribution is 0.0720. The van der Waals surface area contributed by atoms with Crippen molar-refractivity contribution < 1.29 is 9.21 Å². The largest absolute Gasteiger partial charge is 0.467 e. The Morgan fingerprint density at radius 1 is 0.929 bits per heavy atom. The van der Waals surface area contributed by atoms with Gasteiger partial charge < -0.3 is 9.32 Å². The lowest BCUT2D eigenvalue weighted by Gasteiger charge is -2.29. The van der Waals surface area contributed by atoms with Crippen LogP contribution in [0, 0.1) is 0 Å². The molecule has 0 saturated carbocycles. The van der Waals surface area contributed by atoms with Gasteiger partial charge in [0.2, 0.25) is 0 Å². The number of thioether (sulfide) groups is 2. The number of carbonyl (C=O) groups excluding carboxylic acids is 1. The third-order valence-corrected chi connectivity index (χ3v) is 9.01. The van der Waals surface area contributed by atoms with Gasteiger partial charge >= 0.3 is 0 Å². The van der Waals surface area contributed by atoms with E-state index in [1.807, 2.05) is 46.6 Å². The number of hydrogen-bond acceptors (Lipinski definition) is 4. The van der Waals surface area contributed by atoms with Crippen LogP contribution in [-0.4, -0.2) is 28.9 Å². The van der Waals surface area contributed by atoms with Crippen molar-refractivity contribution in [2.45, 2.75) is 17.0 Å². The van der Waals surface area contributed by atoms with Gasteiger partial charge in [-0.25, -0.2) is 0 Å². The summed E-state index contributed by atoms with van der Waals surface area (Å²) in [5.74, 6) is 3.27. The zero-order valence-electron chi connectivity index (χ0n) is 15.5. The summed E-state index contributed by atoms with van der Waals surface area (Å²) in [4.78, 5) is 14.9. The minimum atomic E-state index is -0.0724. The molecule has 0 bridgehead atoms. The Balaban J connectivity index is 1.40. The molecular formula is C23H21NO2S2. The number of fused-ring (bicyclic) bond motifs is 1. The van der Waals surface area contributed by atoms with Gasteiger partial charge in [-0.1, -0.05) is 42.5 Å². The predicted octanol–water partition coefficient (Wildman–Crippen LogP) is 5.16. The molecule has 3 aromatic rings. The van der Waals surface area contributed by atoms with Crippen molar-refractivity contribution in [3.8, 4) is 0 Å². The normalized spacial score (nSPS) is 18.1. The summed E-state index contributed by atoms with van der Waals surface area (Å²) in [6.45, 7) is 1.30. The van der Waals surface area contributed by atoms with Gasteiger partial charge in [-0.15, -0.1) is 23.5 Å². The monoisotopic (exact) mass is 407 g/mol. The maximum Gasteiger partial charge on any atom is 0.254 e. The van der Waals surface area contributed by atoms with E-state index in [0.29, 0.717) is 6.54 Å². The van der Waals surface area contributed by atoms with E-state index in [1.165, 1.54) is 16.7 Å². The minimum Gasteiger partial charge on any atom is -0.467 e. The molecule has 5 heteroatoms. The first-order valence-electron chi connectivity index (χ1n) is 9.55. The Bertz CT molecular complexity index is 975. The van der Waals surface area contributed by atoms with Crippen molar-refractivity contribution in [3.63, 3.8) is 0 Å². The van der Waals surface area contributed by atoms with Gasteiger partial charge in [0.25, 0.3) is 5.91 Å². The maximum atomic E-state index is 13.0. The van der Waals surface area contributed by atoms with Crippen LogP contribution < -0.4 is 0 Å². The van der Waals surface area contributed by atoms with Crippen molar-refractivity contribution in [2.75, 3.05) is 18.1 Å². The summed E-state index contributed by atoms with van der Waals surface area (Å²) in [6.07, 6.45) is 2.58. The topological polar surface area (TPSA) is 33.5 Å². The van der Waals surface area contributed by atoms with Gasteiger partial charge in [0.1, 0.15) is 9.84 Å². The number of amides is 1. The SMILES string of the molecule is O=C(c1ccc(C2(c3ccccc3)SCCS2)cc1)N1CCc2ccoc2C1. The van der Waals surface area contributed by atoms with E-state index in [2.05, 4.69) is 42.5 Å². The van der Waals surface area contributed by atoms with E-state index in [1.54, 1.807) is 6.26 Å². The molecule has 0 spiro atoms. The minimum absolute atomic E-state index is 0.0724. The van der Waals surface area contributed by atoms with E-state index in [0.717, 1.165) is 35.8 Å². The van der Waals surface area contributed by atoms with Crippen molar-refractivity contribution >= 4 is 29.4 Å². The van der Waals surface area contributed by atoms with Crippen LogP contribution in [0.25, 0.3) is 0 Å². The smallest absolute Gasteiger partial charge is 0.254 e. The molecule has 1 amide bonds. The quantitative estimate of drug-likeness (QED) is 0.601. The standard InChI is InChI=1S/C23H21NO2S2/c25-22(24-12-10-17-11-13-26-21(17)16-24)18-6-8-20(9-7-18)23(27-14-15-28-23)19-4-2-1-3-5-19/h1-9,11,13H,10,12,14-16H2. The summed E-state index contributed by atoms with van der Waals surface area (Å²) >= 11 is 3.97. The van der Waals surface area contributed by atoms with E-state index in [-0.39, 0.29) is 9.99 Å². The van der Waals surface area contributed by atoms with E-state index < -0.39 is 0 Å². The van der Waals surface area contributed by atoms with E-state index >= 15 is 0 Å². The summed E-state index contributed by atoms with van der Waals surface area (Å²) in [5, 5.41) is 0. The molecule has 2 aliphatic heterocycles. The first-order chi connectivity index (χ1) is 13.8. The molecule has 3 nitrogen and oxygen atoms in total. The van der Waals surface area contributed by atoms with Crippen LogP contribution in [0.15, 0.2) is 71.3 Å². The first-order valence-corrected chi connectivity index (χ1v) is 11.5. The second kappa shape index (κ2) is 7.37. The van der Waals surface area contributed by atoms with Crippen LogP contribution in [0.5, 0.6) is 0 Å². The molecule has 1 aromatic heterocycles. The third-order valence-electron chi connectivity index (χ3n) is 5.47. The molecule has 1 saturated heterocycles. The van der Waals surface area contributed by atoms with Gasteiger partial charge in [0.05, 0.1) is 12.8 Å². The fraction of sp³-hybridized carbons (Fsp3) is 0.261. The fourth-order valence-electron chi connectivity index (χ4n) is 3.99. The number of nitrogens with zero attached hydrogens (tertiary/aromatic N) is 1. The van der Waals surface area contributed by atoms with Gasteiger partial charge in [-0.05, 0) is 41.3 Å². The lowest BCUT2D eigenvalue weighted by Crippen LogP contribution is -2.35. The molecule has 1 fully saturated rings. The Kier molecular flexibility index (Phi) is 4.73. The second-order valence-corrected chi connectivity index (χ2v) is 9.98. The number of benzene rings is 2. The molecule has 28 heavy (non-hydrogen) atoms. The second-order valence-electron chi connectivity index (χ2n) is 7.10. The van der Waals surface area contributed by atoms with Crippen molar-refractivity contribution in [1.29, 1.82) is 0 Å². The molecule has 0 atom stereocenters. The molecule has 2 aromatic carbocycles. The average Bonchev–Trinajstić information content (AvgIpc) is 3.44. The molecule has 0 radical (unpaired) electrons. The molecular weight excluding hydrogens is 386 g/mol. The molecule has 5 rings (SSSR count). The summed E-state index contributed by atoms with van der Waals surface area (Å²) < 4.78 is 5.45.